The van der Waals surface area contributed by atoms with Gasteiger partial charge in [0.15, 0.2) is 0 Å². The Bertz CT molecular complexity index is 451. The van der Waals surface area contributed by atoms with E-state index in [0.717, 1.165) is 10.9 Å². The molecule has 1 amide bonds. The second kappa shape index (κ2) is 5.82. The number of benzene rings is 1. The highest BCUT2D eigenvalue weighted by Gasteiger charge is 2.25. The number of carbonyl (C=O) groups is 1. The molecule has 0 aliphatic carbocycles. The summed E-state index contributed by atoms with van der Waals surface area (Å²) in [6.45, 7) is 1.61. The van der Waals surface area contributed by atoms with Crippen LogP contribution >= 0.6 is 15.9 Å². The predicted molar refractivity (Wildman–Crippen MR) is 73.1 cm³/mol. The van der Waals surface area contributed by atoms with Crippen LogP contribution in [0.4, 0.5) is 0 Å². The van der Waals surface area contributed by atoms with Crippen molar-refractivity contribution in [2.45, 2.75) is 19.0 Å². The molecular weight excluding hydrogens is 296 g/mol. The van der Waals surface area contributed by atoms with Crippen LogP contribution in [0.1, 0.15) is 11.1 Å². The molecule has 1 aliphatic rings. The summed E-state index contributed by atoms with van der Waals surface area (Å²) in [4.78, 5) is 13.9. The summed E-state index contributed by atoms with van der Waals surface area (Å²) >= 11 is 3.54. The first-order valence-electron chi connectivity index (χ1n) is 5.93. The molecule has 0 aromatic heterocycles. The molecule has 1 aromatic carbocycles. The van der Waals surface area contributed by atoms with Crippen molar-refractivity contribution in [1.29, 1.82) is 0 Å². The van der Waals surface area contributed by atoms with E-state index in [4.69, 9.17) is 10.5 Å². The number of hydrogen-bond donors (Lipinski definition) is 1. The zero-order valence-corrected chi connectivity index (χ0v) is 11.9. The average molecular weight is 313 g/mol. The minimum absolute atomic E-state index is 0.0394. The van der Waals surface area contributed by atoms with E-state index in [1.807, 2.05) is 12.1 Å². The number of amides is 1. The van der Waals surface area contributed by atoms with E-state index in [2.05, 4.69) is 22.0 Å². The summed E-state index contributed by atoms with van der Waals surface area (Å²) in [5.41, 5.74) is 8.26. The average Bonchev–Trinajstić information content (AvgIpc) is 2.38. The fraction of sp³-hybridized carbons (Fsp3) is 0.462. The molecule has 0 bridgehead atoms. The zero-order chi connectivity index (χ0) is 13.1. The van der Waals surface area contributed by atoms with Gasteiger partial charge in [-0.05, 0) is 23.6 Å². The van der Waals surface area contributed by atoms with Crippen LogP contribution in [-0.2, 0) is 22.5 Å². The first-order chi connectivity index (χ1) is 8.63. The molecule has 1 aromatic rings. The van der Waals surface area contributed by atoms with Crippen LogP contribution in [0.15, 0.2) is 22.7 Å². The van der Waals surface area contributed by atoms with Gasteiger partial charge in [0, 0.05) is 24.7 Å². The standard InChI is InChI=1S/C13H17BrN2O2/c1-18-8-12(15)13(17)16-6-5-10-9(7-16)3-2-4-11(10)14/h2-4,12H,5-8,15H2,1H3. The fourth-order valence-corrected chi connectivity index (χ4v) is 2.84. The third kappa shape index (κ3) is 2.74. The highest BCUT2D eigenvalue weighted by Crippen LogP contribution is 2.26. The fourth-order valence-electron chi connectivity index (χ4n) is 2.24. The van der Waals surface area contributed by atoms with Crippen molar-refractivity contribution in [1.82, 2.24) is 4.90 Å². The topological polar surface area (TPSA) is 55.6 Å². The van der Waals surface area contributed by atoms with Crippen molar-refractivity contribution >= 4 is 21.8 Å². The van der Waals surface area contributed by atoms with Crippen LogP contribution in [0, 0.1) is 0 Å². The monoisotopic (exact) mass is 312 g/mol. The third-order valence-corrected chi connectivity index (χ3v) is 3.93. The van der Waals surface area contributed by atoms with Gasteiger partial charge in [-0.25, -0.2) is 0 Å². The van der Waals surface area contributed by atoms with Gasteiger partial charge in [-0.15, -0.1) is 0 Å². The Kier molecular flexibility index (Phi) is 4.37. The number of ether oxygens (including phenoxy) is 1. The lowest BCUT2D eigenvalue weighted by Gasteiger charge is -2.31. The molecule has 5 heteroatoms. The van der Waals surface area contributed by atoms with Crippen LogP contribution in [0.5, 0.6) is 0 Å². The van der Waals surface area contributed by atoms with E-state index in [9.17, 15) is 4.79 Å². The second-order valence-electron chi connectivity index (χ2n) is 4.45. The molecule has 1 atom stereocenters. The van der Waals surface area contributed by atoms with E-state index in [1.165, 1.54) is 11.1 Å². The van der Waals surface area contributed by atoms with Crippen molar-refractivity contribution in [2.75, 3.05) is 20.3 Å². The maximum absolute atomic E-state index is 12.1. The molecule has 2 rings (SSSR count). The first-order valence-corrected chi connectivity index (χ1v) is 6.72. The van der Waals surface area contributed by atoms with Gasteiger partial charge in [-0.1, -0.05) is 28.1 Å². The number of fused-ring (bicyclic) bond motifs is 1. The normalized spacial score (nSPS) is 16.3. The molecular formula is C13H17BrN2O2. The Morgan fingerprint density at radius 1 is 1.61 bits per heavy atom. The van der Waals surface area contributed by atoms with Gasteiger partial charge in [0.05, 0.1) is 6.61 Å². The summed E-state index contributed by atoms with van der Waals surface area (Å²) < 4.78 is 6.04. The number of halogens is 1. The number of hydrogen-bond acceptors (Lipinski definition) is 3. The molecule has 0 fully saturated rings. The molecule has 0 saturated heterocycles. The van der Waals surface area contributed by atoms with Crippen molar-refractivity contribution in [2.24, 2.45) is 5.73 Å². The Hall–Kier alpha value is -0.910. The lowest BCUT2D eigenvalue weighted by Crippen LogP contribution is -2.47. The maximum atomic E-state index is 12.1. The molecule has 1 heterocycles. The van der Waals surface area contributed by atoms with Gasteiger partial charge in [0.2, 0.25) is 5.91 Å². The van der Waals surface area contributed by atoms with E-state index in [1.54, 1.807) is 12.0 Å². The van der Waals surface area contributed by atoms with Crippen LogP contribution in [-0.4, -0.2) is 37.1 Å². The molecule has 18 heavy (non-hydrogen) atoms. The summed E-state index contributed by atoms with van der Waals surface area (Å²) in [6.07, 6.45) is 0.863. The molecule has 0 radical (unpaired) electrons. The molecule has 1 aliphatic heterocycles. The zero-order valence-electron chi connectivity index (χ0n) is 10.4. The van der Waals surface area contributed by atoms with Gasteiger partial charge in [0.1, 0.15) is 6.04 Å². The lowest BCUT2D eigenvalue weighted by atomic mass is 9.99. The molecule has 0 saturated carbocycles. The van der Waals surface area contributed by atoms with Crippen LogP contribution in [0.2, 0.25) is 0 Å². The van der Waals surface area contributed by atoms with E-state index in [-0.39, 0.29) is 12.5 Å². The first kappa shape index (κ1) is 13.5. The van der Waals surface area contributed by atoms with Gasteiger partial charge in [-0.3, -0.25) is 4.79 Å². The minimum atomic E-state index is -0.566. The van der Waals surface area contributed by atoms with Gasteiger partial charge in [-0.2, -0.15) is 0 Å². The number of rotatable bonds is 3. The van der Waals surface area contributed by atoms with Crippen molar-refractivity contribution in [3.05, 3.63) is 33.8 Å². The summed E-state index contributed by atoms with van der Waals surface area (Å²) in [7, 11) is 1.55. The quantitative estimate of drug-likeness (QED) is 0.915. The second-order valence-corrected chi connectivity index (χ2v) is 5.30. The third-order valence-electron chi connectivity index (χ3n) is 3.18. The van der Waals surface area contributed by atoms with Crippen molar-refractivity contribution < 1.29 is 9.53 Å². The van der Waals surface area contributed by atoms with E-state index in [0.29, 0.717) is 13.1 Å². The van der Waals surface area contributed by atoms with Crippen LogP contribution < -0.4 is 5.73 Å². The Balaban J connectivity index is 2.10. The van der Waals surface area contributed by atoms with Crippen LogP contribution in [0.3, 0.4) is 0 Å². The maximum Gasteiger partial charge on any atom is 0.242 e. The predicted octanol–water partition coefficient (Wildman–Crippen LogP) is 1.31. The number of methoxy groups -OCH3 is 1. The van der Waals surface area contributed by atoms with Crippen molar-refractivity contribution in [3.8, 4) is 0 Å². The summed E-state index contributed by atoms with van der Waals surface area (Å²) in [5.74, 6) is -0.0394. The van der Waals surface area contributed by atoms with Gasteiger partial charge in [0.25, 0.3) is 0 Å². The molecule has 0 spiro atoms. The summed E-state index contributed by atoms with van der Waals surface area (Å²) in [5, 5.41) is 0. The number of carbonyl (C=O) groups excluding carboxylic acids is 1. The Morgan fingerprint density at radius 3 is 3.11 bits per heavy atom. The van der Waals surface area contributed by atoms with Crippen LogP contribution in [0.25, 0.3) is 0 Å². The Morgan fingerprint density at radius 2 is 2.39 bits per heavy atom. The largest absolute Gasteiger partial charge is 0.383 e. The molecule has 98 valence electrons. The highest BCUT2D eigenvalue weighted by molar-refractivity contribution is 9.10. The molecule has 4 nitrogen and oxygen atoms in total. The van der Waals surface area contributed by atoms with Crippen molar-refractivity contribution in [3.63, 3.8) is 0 Å². The van der Waals surface area contributed by atoms with E-state index < -0.39 is 6.04 Å². The van der Waals surface area contributed by atoms with Gasteiger partial charge < -0.3 is 15.4 Å². The number of nitrogens with two attached hydrogens (primary N) is 1. The summed E-state index contributed by atoms with van der Waals surface area (Å²) in [6, 6.07) is 5.52. The highest BCUT2D eigenvalue weighted by atomic mass is 79.9. The Labute approximate surface area is 115 Å². The van der Waals surface area contributed by atoms with Gasteiger partial charge >= 0.3 is 0 Å². The molecule has 1 unspecified atom stereocenters. The van der Waals surface area contributed by atoms with E-state index >= 15 is 0 Å². The smallest absolute Gasteiger partial charge is 0.242 e. The molecule has 2 N–H and O–H groups in total. The SMILES string of the molecule is COCC(N)C(=O)N1CCc2c(Br)cccc2C1. The minimum Gasteiger partial charge on any atom is -0.383 e. The lowest BCUT2D eigenvalue weighted by molar-refractivity contribution is -0.134. The number of nitrogens with zero attached hydrogens (tertiary/aromatic N) is 1.